The number of hydrogen-bond acceptors (Lipinski definition) is 5. The summed E-state index contributed by atoms with van der Waals surface area (Å²) in [4.78, 5) is 30.1. The van der Waals surface area contributed by atoms with Crippen molar-refractivity contribution in [2.24, 2.45) is 0 Å². The molecule has 0 aliphatic carbocycles. The van der Waals surface area contributed by atoms with Crippen LogP contribution in [0.25, 0.3) is 10.9 Å². The Hall–Kier alpha value is -4.27. The van der Waals surface area contributed by atoms with Gasteiger partial charge in [-0.15, -0.1) is 0 Å². The quantitative estimate of drug-likeness (QED) is 0.474. The Morgan fingerprint density at radius 1 is 1.03 bits per heavy atom. The van der Waals surface area contributed by atoms with E-state index in [1.54, 1.807) is 30.3 Å². The van der Waals surface area contributed by atoms with Crippen molar-refractivity contribution >= 4 is 22.6 Å². The number of carbonyl (C=O) groups is 1. The Morgan fingerprint density at radius 3 is 2.52 bits per heavy atom. The van der Waals surface area contributed by atoms with Crippen molar-refractivity contribution in [3.8, 4) is 11.5 Å². The minimum atomic E-state index is -0.459. The molecular formula is C24H20FN3O5. The summed E-state index contributed by atoms with van der Waals surface area (Å²) in [5.74, 6) is 1.34. The summed E-state index contributed by atoms with van der Waals surface area (Å²) in [6, 6.07) is 13.7. The highest BCUT2D eigenvalue weighted by atomic mass is 19.1. The number of H-pyrrole nitrogens is 1. The number of anilines is 1. The number of carbonyl (C=O) groups excluding carboxylic acids is 1. The number of benzene rings is 2. The lowest BCUT2D eigenvalue weighted by atomic mass is 10.1. The Bertz CT molecular complexity index is 1350. The number of hydrogen-bond donors (Lipinski definition) is 2. The first-order valence-electron chi connectivity index (χ1n) is 10.3. The number of aromatic nitrogens is 1. The van der Waals surface area contributed by atoms with Gasteiger partial charge in [0.1, 0.15) is 24.8 Å². The van der Waals surface area contributed by atoms with Crippen LogP contribution in [0.3, 0.4) is 0 Å². The summed E-state index contributed by atoms with van der Waals surface area (Å²) in [6.07, 6.45) is 1.51. The van der Waals surface area contributed by atoms with Gasteiger partial charge in [0.15, 0.2) is 11.5 Å². The first-order valence-corrected chi connectivity index (χ1v) is 10.3. The number of amides is 2. The Labute approximate surface area is 187 Å². The number of fused-ring (bicyclic) bond motifs is 2. The maximum absolute atomic E-state index is 13.2. The van der Waals surface area contributed by atoms with Crippen molar-refractivity contribution in [1.82, 2.24) is 9.88 Å². The number of rotatable bonds is 5. The van der Waals surface area contributed by atoms with E-state index in [9.17, 15) is 14.0 Å². The van der Waals surface area contributed by atoms with Crippen molar-refractivity contribution in [3.05, 3.63) is 88.4 Å². The fraction of sp³-hybridized carbons (Fsp3) is 0.167. The lowest BCUT2D eigenvalue weighted by Gasteiger charge is -2.22. The molecule has 2 aromatic carbocycles. The van der Waals surface area contributed by atoms with Crippen molar-refractivity contribution in [1.29, 1.82) is 0 Å². The Morgan fingerprint density at radius 2 is 1.79 bits per heavy atom. The Kier molecular flexibility index (Phi) is 5.43. The number of nitrogens with zero attached hydrogens (tertiary/aromatic N) is 1. The van der Waals surface area contributed by atoms with Gasteiger partial charge in [-0.05, 0) is 48.5 Å². The minimum Gasteiger partial charge on any atom is -0.486 e. The second-order valence-electron chi connectivity index (χ2n) is 7.58. The lowest BCUT2D eigenvalue weighted by Crippen LogP contribution is -2.35. The van der Waals surface area contributed by atoms with E-state index in [-0.39, 0.29) is 18.6 Å². The molecule has 0 bridgehead atoms. The molecule has 1 aliphatic heterocycles. The molecule has 2 N–H and O–H groups in total. The third kappa shape index (κ3) is 4.52. The number of furan rings is 1. The molecule has 9 heteroatoms. The molecular weight excluding hydrogens is 429 g/mol. The van der Waals surface area contributed by atoms with E-state index in [0.717, 1.165) is 5.39 Å². The van der Waals surface area contributed by atoms with Crippen LogP contribution < -0.4 is 20.3 Å². The molecule has 4 aromatic rings. The van der Waals surface area contributed by atoms with Crippen molar-refractivity contribution < 1.29 is 23.1 Å². The second kappa shape index (κ2) is 8.70. The lowest BCUT2D eigenvalue weighted by molar-refractivity contribution is 0.172. The molecule has 0 unspecified atom stereocenters. The van der Waals surface area contributed by atoms with Crippen LogP contribution in [0, 0.1) is 5.82 Å². The van der Waals surface area contributed by atoms with Gasteiger partial charge < -0.3 is 29.1 Å². The monoisotopic (exact) mass is 449 g/mol. The summed E-state index contributed by atoms with van der Waals surface area (Å²) >= 11 is 0. The molecule has 0 saturated heterocycles. The molecule has 2 amide bonds. The van der Waals surface area contributed by atoms with Crippen LogP contribution in [0.2, 0.25) is 0 Å². The Balaban J connectivity index is 1.44. The summed E-state index contributed by atoms with van der Waals surface area (Å²) in [5, 5.41) is 3.48. The standard InChI is InChI=1S/C24H20FN3O5/c25-17-3-5-18(6-4-17)26-24(30)28(14-19-2-1-7-31-19)13-16-10-15-11-21-22(33-9-8-32-21)12-20(15)27-23(16)29/h1-7,10-12H,8-9,13-14H2,(H,26,30)(H,27,29). The largest absolute Gasteiger partial charge is 0.486 e. The maximum Gasteiger partial charge on any atom is 0.322 e. The summed E-state index contributed by atoms with van der Waals surface area (Å²) in [5.41, 5.74) is 1.11. The molecule has 0 spiro atoms. The van der Waals surface area contributed by atoms with Gasteiger partial charge in [-0.3, -0.25) is 4.79 Å². The summed E-state index contributed by atoms with van der Waals surface area (Å²) in [7, 11) is 0. The van der Waals surface area contributed by atoms with Crippen LogP contribution in [0.15, 0.2) is 70.1 Å². The highest BCUT2D eigenvalue weighted by molar-refractivity contribution is 5.89. The van der Waals surface area contributed by atoms with Gasteiger partial charge >= 0.3 is 6.03 Å². The van der Waals surface area contributed by atoms with E-state index in [1.807, 2.05) is 0 Å². The molecule has 0 radical (unpaired) electrons. The zero-order chi connectivity index (χ0) is 22.8. The molecule has 0 fully saturated rings. The van der Waals surface area contributed by atoms with E-state index in [0.29, 0.717) is 47.2 Å². The van der Waals surface area contributed by atoms with E-state index < -0.39 is 11.8 Å². The number of halogens is 1. The molecule has 0 saturated carbocycles. The molecule has 2 aromatic heterocycles. The van der Waals surface area contributed by atoms with E-state index in [1.165, 1.54) is 35.4 Å². The maximum atomic E-state index is 13.2. The van der Waals surface area contributed by atoms with Gasteiger partial charge in [-0.1, -0.05) is 0 Å². The average Bonchev–Trinajstić information content (AvgIpc) is 3.32. The fourth-order valence-electron chi connectivity index (χ4n) is 3.64. The van der Waals surface area contributed by atoms with Crippen LogP contribution in [-0.4, -0.2) is 29.1 Å². The van der Waals surface area contributed by atoms with Gasteiger partial charge in [0, 0.05) is 22.7 Å². The third-order valence-electron chi connectivity index (χ3n) is 5.25. The smallest absolute Gasteiger partial charge is 0.322 e. The SMILES string of the molecule is O=C(Nc1ccc(F)cc1)N(Cc1ccco1)Cc1cc2cc3c(cc2[nH]c1=O)OCCO3. The summed E-state index contributed by atoms with van der Waals surface area (Å²) < 4.78 is 29.8. The molecule has 168 valence electrons. The van der Waals surface area contributed by atoms with Crippen molar-refractivity contribution in [3.63, 3.8) is 0 Å². The van der Waals surface area contributed by atoms with Gasteiger partial charge in [-0.25, -0.2) is 9.18 Å². The van der Waals surface area contributed by atoms with E-state index >= 15 is 0 Å². The zero-order valence-electron chi connectivity index (χ0n) is 17.5. The molecule has 3 heterocycles. The first kappa shape index (κ1) is 20.6. The molecule has 33 heavy (non-hydrogen) atoms. The average molecular weight is 449 g/mol. The normalized spacial score (nSPS) is 12.5. The highest BCUT2D eigenvalue weighted by Gasteiger charge is 2.19. The van der Waals surface area contributed by atoms with Crippen molar-refractivity contribution in [2.45, 2.75) is 13.1 Å². The van der Waals surface area contributed by atoms with Crippen LogP contribution in [-0.2, 0) is 13.1 Å². The van der Waals surface area contributed by atoms with Gasteiger partial charge in [-0.2, -0.15) is 0 Å². The minimum absolute atomic E-state index is 0.0213. The summed E-state index contributed by atoms with van der Waals surface area (Å²) in [6.45, 7) is 1.06. The molecule has 0 atom stereocenters. The van der Waals surface area contributed by atoms with Gasteiger partial charge in [0.2, 0.25) is 0 Å². The second-order valence-corrected chi connectivity index (χ2v) is 7.58. The van der Waals surface area contributed by atoms with Crippen molar-refractivity contribution in [2.75, 3.05) is 18.5 Å². The topological polar surface area (TPSA) is 96.8 Å². The third-order valence-corrected chi connectivity index (χ3v) is 5.25. The van der Waals surface area contributed by atoms with E-state index in [4.69, 9.17) is 13.9 Å². The number of aromatic amines is 1. The number of ether oxygens (including phenoxy) is 2. The van der Waals surface area contributed by atoms with Crippen LogP contribution in [0.5, 0.6) is 11.5 Å². The molecule has 8 nitrogen and oxygen atoms in total. The predicted molar refractivity (Wildman–Crippen MR) is 119 cm³/mol. The van der Waals surface area contributed by atoms with Crippen LogP contribution >= 0.6 is 0 Å². The molecule has 5 rings (SSSR count). The van der Waals surface area contributed by atoms with Gasteiger partial charge in [0.25, 0.3) is 5.56 Å². The zero-order valence-corrected chi connectivity index (χ0v) is 17.5. The van der Waals surface area contributed by atoms with Crippen LogP contribution in [0.4, 0.5) is 14.9 Å². The predicted octanol–water partition coefficient (Wildman–Crippen LogP) is 4.27. The number of nitrogens with one attached hydrogen (secondary N) is 2. The van der Waals surface area contributed by atoms with Gasteiger partial charge in [0.05, 0.1) is 24.9 Å². The fourth-order valence-corrected chi connectivity index (χ4v) is 3.64. The van der Waals surface area contributed by atoms with E-state index in [2.05, 4.69) is 10.3 Å². The first-order chi connectivity index (χ1) is 16.0. The van der Waals surface area contributed by atoms with Crippen LogP contribution in [0.1, 0.15) is 11.3 Å². The number of urea groups is 1. The molecule has 1 aliphatic rings. The highest BCUT2D eigenvalue weighted by Crippen LogP contribution is 2.33. The number of pyridine rings is 1.